The van der Waals surface area contributed by atoms with E-state index in [1.165, 1.54) is 6.07 Å². The van der Waals surface area contributed by atoms with Gasteiger partial charge in [-0.3, -0.25) is 0 Å². The summed E-state index contributed by atoms with van der Waals surface area (Å²) in [7, 11) is 0. The van der Waals surface area contributed by atoms with Crippen LogP contribution in [-0.4, -0.2) is 0 Å². The predicted molar refractivity (Wildman–Crippen MR) is 97.4 cm³/mol. The Bertz CT molecular complexity index is 989. The molecule has 2 aromatic carbocycles. The van der Waals surface area contributed by atoms with E-state index in [2.05, 4.69) is 10.6 Å². The fourth-order valence-corrected chi connectivity index (χ4v) is 2.43. The lowest BCUT2D eigenvalue weighted by molar-refractivity contribution is -0.137. The highest BCUT2D eigenvalue weighted by atomic mass is 19.4. The van der Waals surface area contributed by atoms with E-state index < -0.39 is 23.0 Å². The largest absolute Gasteiger partial charge is 0.416 e. The standard InChI is InChI=1S/C20H14F3N5/c1-13(14-5-3-2-4-6-14)27-17-8-7-16(20(21,22)23)9-18(17)28-19(12-26)15(10-24)11-25/h2-9,13,27-28H,1H3. The van der Waals surface area contributed by atoms with Crippen molar-refractivity contribution in [3.8, 4) is 18.2 Å². The second kappa shape index (κ2) is 8.62. The summed E-state index contributed by atoms with van der Waals surface area (Å²) in [5, 5.41) is 32.6. The number of alkyl halides is 3. The van der Waals surface area contributed by atoms with E-state index in [9.17, 15) is 18.4 Å². The molecule has 0 aromatic heterocycles. The fourth-order valence-electron chi connectivity index (χ4n) is 2.43. The first kappa shape index (κ1) is 20.4. The topological polar surface area (TPSA) is 95.4 Å². The van der Waals surface area contributed by atoms with Crippen molar-refractivity contribution in [2.24, 2.45) is 0 Å². The van der Waals surface area contributed by atoms with Crippen molar-refractivity contribution >= 4 is 11.4 Å². The number of halogens is 3. The molecular weight excluding hydrogens is 367 g/mol. The molecule has 28 heavy (non-hydrogen) atoms. The van der Waals surface area contributed by atoms with Crippen molar-refractivity contribution in [3.05, 3.63) is 70.9 Å². The van der Waals surface area contributed by atoms with Gasteiger partial charge in [-0.2, -0.15) is 29.0 Å². The molecule has 0 saturated carbocycles. The Morgan fingerprint density at radius 2 is 1.57 bits per heavy atom. The number of nitrogens with one attached hydrogen (secondary N) is 2. The number of hydrogen-bond acceptors (Lipinski definition) is 5. The van der Waals surface area contributed by atoms with Gasteiger partial charge in [-0.05, 0) is 30.7 Å². The number of anilines is 2. The third kappa shape index (κ3) is 4.81. The lowest BCUT2D eigenvalue weighted by Gasteiger charge is -2.20. The highest BCUT2D eigenvalue weighted by molar-refractivity contribution is 5.74. The van der Waals surface area contributed by atoms with Crippen LogP contribution in [-0.2, 0) is 6.18 Å². The van der Waals surface area contributed by atoms with E-state index in [0.717, 1.165) is 17.7 Å². The third-order valence-corrected chi connectivity index (χ3v) is 3.86. The van der Waals surface area contributed by atoms with E-state index in [4.69, 9.17) is 10.5 Å². The van der Waals surface area contributed by atoms with Crippen LogP contribution >= 0.6 is 0 Å². The number of allylic oxidation sites excluding steroid dienone is 2. The normalized spacial score (nSPS) is 11.3. The van der Waals surface area contributed by atoms with Crippen molar-refractivity contribution in [1.82, 2.24) is 0 Å². The number of hydrogen-bond donors (Lipinski definition) is 2. The Morgan fingerprint density at radius 1 is 0.929 bits per heavy atom. The molecule has 0 heterocycles. The summed E-state index contributed by atoms with van der Waals surface area (Å²) >= 11 is 0. The zero-order valence-electron chi connectivity index (χ0n) is 14.7. The summed E-state index contributed by atoms with van der Waals surface area (Å²) in [6.45, 7) is 1.83. The first-order valence-corrected chi connectivity index (χ1v) is 8.04. The van der Waals surface area contributed by atoms with Gasteiger partial charge in [0.25, 0.3) is 0 Å². The summed E-state index contributed by atoms with van der Waals surface area (Å²) < 4.78 is 39.3. The van der Waals surface area contributed by atoms with Gasteiger partial charge in [-0.15, -0.1) is 0 Å². The van der Waals surface area contributed by atoms with Gasteiger partial charge in [0.1, 0.15) is 23.9 Å². The lowest BCUT2D eigenvalue weighted by atomic mass is 10.1. The quantitative estimate of drug-likeness (QED) is 0.701. The zero-order chi connectivity index (χ0) is 20.7. The molecule has 8 heteroatoms. The van der Waals surface area contributed by atoms with Crippen LogP contribution in [0.1, 0.15) is 24.1 Å². The molecule has 5 nitrogen and oxygen atoms in total. The zero-order valence-corrected chi connectivity index (χ0v) is 14.7. The average molecular weight is 381 g/mol. The Hall–Kier alpha value is -3.96. The van der Waals surface area contributed by atoms with Crippen LogP contribution in [0.15, 0.2) is 59.8 Å². The van der Waals surface area contributed by atoms with Gasteiger partial charge in [-0.25, -0.2) is 0 Å². The van der Waals surface area contributed by atoms with Crippen molar-refractivity contribution in [1.29, 1.82) is 15.8 Å². The molecule has 140 valence electrons. The van der Waals surface area contributed by atoms with Gasteiger partial charge in [0, 0.05) is 6.04 Å². The van der Waals surface area contributed by atoms with Gasteiger partial charge < -0.3 is 10.6 Å². The second-order valence-corrected chi connectivity index (χ2v) is 5.75. The van der Waals surface area contributed by atoms with Crippen LogP contribution in [0.3, 0.4) is 0 Å². The maximum atomic E-state index is 13.1. The van der Waals surface area contributed by atoms with Gasteiger partial charge >= 0.3 is 6.18 Å². The van der Waals surface area contributed by atoms with Crippen molar-refractivity contribution in [3.63, 3.8) is 0 Å². The maximum Gasteiger partial charge on any atom is 0.416 e. The first-order valence-electron chi connectivity index (χ1n) is 8.04. The van der Waals surface area contributed by atoms with Crippen molar-refractivity contribution < 1.29 is 13.2 Å². The van der Waals surface area contributed by atoms with Crippen LogP contribution in [0.5, 0.6) is 0 Å². The van der Waals surface area contributed by atoms with Crippen LogP contribution in [0.2, 0.25) is 0 Å². The molecule has 2 rings (SSSR count). The minimum Gasteiger partial charge on any atom is -0.377 e. The molecular formula is C20H14F3N5. The van der Waals surface area contributed by atoms with Gasteiger partial charge in [0.2, 0.25) is 0 Å². The number of benzene rings is 2. The Kier molecular flexibility index (Phi) is 6.26. The summed E-state index contributed by atoms with van der Waals surface area (Å²) in [6, 6.07) is 16.7. The van der Waals surface area contributed by atoms with E-state index >= 15 is 0 Å². The molecule has 0 bridgehead atoms. The maximum absolute atomic E-state index is 13.1. The monoisotopic (exact) mass is 381 g/mol. The summed E-state index contributed by atoms with van der Waals surface area (Å²) in [5.74, 6) is 0. The van der Waals surface area contributed by atoms with Gasteiger partial charge in [0.15, 0.2) is 5.57 Å². The molecule has 0 fully saturated rings. The molecule has 1 atom stereocenters. The molecule has 0 amide bonds. The Labute approximate surface area is 159 Å². The average Bonchev–Trinajstić information content (AvgIpc) is 2.68. The Morgan fingerprint density at radius 3 is 2.11 bits per heavy atom. The summed E-state index contributed by atoms with van der Waals surface area (Å²) in [5.41, 5.74) is -0.772. The van der Waals surface area contributed by atoms with Gasteiger partial charge in [0.05, 0.1) is 16.9 Å². The van der Waals surface area contributed by atoms with Crippen molar-refractivity contribution in [2.45, 2.75) is 19.1 Å². The molecule has 1 unspecified atom stereocenters. The minimum absolute atomic E-state index is 0.0721. The highest BCUT2D eigenvalue weighted by Gasteiger charge is 2.31. The molecule has 0 aliphatic carbocycles. The highest BCUT2D eigenvalue weighted by Crippen LogP contribution is 2.36. The van der Waals surface area contributed by atoms with E-state index in [1.54, 1.807) is 18.2 Å². The van der Waals surface area contributed by atoms with E-state index in [0.29, 0.717) is 0 Å². The van der Waals surface area contributed by atoms with E-state index in [1.807, 2.05) is 37.3 Å². The van der Waals surface area contributed by atoms with Crippen LogP contribution in [0.4, 0.5) is 24.5 Å². The predicted octanol–water partition coefficient (Wildman–Crippen LogP) is 5.12. The minimum atomic E-state index is -4.59. The molecule has 2 aromatic rings. The molecule has 2 N–H and O–H groups in total. The number of nitriles is 3. The van der Waals surface area contributed by atoms with Gasteiger partial charge in [-0.1, -0.05) is 30.3 Å². The van der Waals surface area contributed by atoms with Crippen LogP contribution < -0.4 is 10.6 Å². The first-order chi connectivity index (χ1) is 13.3. The van der Waals surface area contributed by atoms with Crippen LogP contribution in [0.25, 0.3) is 0 Å². The third-order valence-electron chi connectivity index (χ3n) is 3.86. The van der Waals surface area contributed by atoms with E-state index in [-0.39, 0.29) is 17.4 Å². The second-order valence-electron chi connectivity index (χ2n) is 5.75. The SMILES string of the molecule is CC(Nc1ccc(C(F)(F)F)cc1NC(C#N)=C(C#N)C#N)c1ccccc1. The molecule has 0 aliphatic rings. The molecule has 0 spiro atoms. The van der Waals surface area contributed by atoms with Crippen LogP contribution in [0, 0.1) is 34.0 Å². The number of nitrogens with zero attached hydrogens (tertiary/aromatic N) is 3. The molecule has 0 saturated heterocycles. The molecule has 0 radical (unpaired) electrons. The van der Waals surface area contributed by atoms with Crippen molar-refractivity contribution in [2.75, 3.05) is 10.6 Å². The molecule has 0 aliphatic heterocycles. The lowest BCUT2D eigenvalue weighted by Crippen LogP contribution is -2.12. The smallest absolute Gasteiger partial charge is 0.377 e. The fraction of sp³-hybridized carbons (Fsp3) is 0.150. The number of rotatable bonds is 5. The summed E-state index contributed by atoms with van der Waals surface area (Å²) in [4.78, 5) is 0. The Balaban J connectivity index is 2.48. The summed E-state index contributed by atoms with van der Waals surface area (Å²) in [6.07, 6.45) is -4.59.